The number of thiophene rings is 1. The van der Waals surface area contributed by atoms with Gasteiger partial charge >= 0.3 is 0 Å². The van der Waals surface area contributed by atoms with Crippen LogP contribution in [0.25, 0.3) is 20.4 Å². The SMILES string of the molecule is CCCc1cc(N2CCC(O)CC2)nc2sc3c(N)ncnc3c12. The molecule has 3 N–H and O–H groups in total. The van der Waals surface area contributed by atoms with Crippen molar-refractivity contribution in [3.05, 3.63) is 18.0 Å². The number of fused-ring (bicyclic) bond motifs is 3. The second kappa shape index (κ2) is 6.14. The Balaban J connectivity index is 1.88. The lowest BCUT2D eigenvalue weighted by atomic mass is 10.1. The number of aromatic nitrogens is 3. The smallest absolute Gasteiger partial charge is 0.144 e. The molecule has 126 valence electrons. The summed E-state index contributed by atoms with van der Waals surface area (Å²) in [5.74, 6) is 1.52. The molecular formula is C17H21N5OS. The number of rotatable bonds is 3. The monoisotopic (exact) mass is 343 g/mol. The molecule has 0 atom stereocenters. The van der Waals surface area contributed by atoms with Crippen molar-refractivity contribution in [2.24, 2.45) is 0 Å². The zero-order chi connectivity index (χ0) is 16.7. The molecule has 7 heteroatoms. The quantitative estimate of drug-likeness (QED) is 0.760. The largest absolute Gasteiger partial charge is 0.393 e. The zero-order valence-corrected chi connectivity index (χ0v) is 14.5. The van der Waals surface area contributed by atoms with Crippen LogP contribution in [0, 0.1) is 0 Å². The van der Waals surface area contributed by atoms with Crippen LogP contribution < -0.4 is 10.6 Å². The molecule has 24 heavy (non-hydrogen) atoms. The van der Waals surface area contributed by atoms with Crippen LogP contribution >= 0.6 is 11.3 Å². The van der Waals surface area contributed by atoms with Crippen LogP contribution in [-0.2, 0) is 6.42 Å². The molecule has 0 aliphatic carbocycles. The lowest BCUT2D eigenvalue weighted by Crippen LogP contribution is -2.36. The highest BCUT2D eigenvalue weighted by molar-refractivity contribution is 7.26. The third kappa shape index (κ3) is 2.57. The number of nitrogens with two attached hydrogens (primary N) is 1. The molecule has 4 rings (SSSR count). The first-order chi connectivity index (χ1) is 11.7. The van der Waals surface area contributed by atoms with E-state index in [-0.39, 0.29) is 6.10 Å². The fourth-order valence-corrected chi connectivity index (χ4v) is 4.44. The van der Waals surface area contributed by atoms with Gasteiger partial charge < -0.3 is 15.7 Å². The van der Waals surface area contributed by atoms with Gasteiger partial charge in [-0.05, 0) is 30.9 Å². The van der Waals surface area contributed by atoms with Gasteiger partial charge in [-0.15, -0.1) is 11.3 Å². The molecule has 1 fully saturated rings. The predicted octanol–water partition coefficient (Wildman–Crippen LogP) is 2.74. The average Bonchev–Trinajstić information content (AvgIpc) is 2.96. The van der Waals surface area contributed by atoms with Crippen molar-refractivity contribution in [2.45, 2.75) is 38.7 Å². The van der Waals surface area contributed by atoms with E-state index in [1.807, 2.05) is 0 Å². The van der Waals surface area contributed by atoms with E-state index < -0.39 is 0 Å². The number of nitrogen functional groups attached to an aromatic ring is 1. The maximum atomic E-state index is 9.74. The predicted molar refractivity (Wildman–Crippen MR) is 98.6 cm³/mol. The van der Waals surface area contributed by atoms with E-state index >= 15 is 0 Å². The van der Waals surface area contributed by atoms with Gasteiger partial charge in [-0.1, -0.05) is 13.3 Å². The van der Waals surface area contributed by atoms with Gasteiger partial charge in [0.25, 0.3) is 0 Å². The fraction of sp³-hybridized carbons (Fsp3) is 0.471. The minimum Gasteiger partial charge on any atom is -0.393 e. The number of nitrogens with zero attached hydrogens (tertiary/aromatic N) is 4. The van der Waals surface area contributed by atoms with Gasteiger partial charge in [-0.3, -0.25) is 0 Å². The van der Waals surface area contributed by atoms with Gasteiger partial charge in [0.05, 0.1) is 16.3 Å². The molecule has 3 aromatic rings. The Morgan fingerprint density at radius 3 is 2.88 bits per heavy atom. The number of anilines is 2. The number of piperidine rings is 1. The molecule has 1 saturated heterocycles. The van der Waals surface area contributed by atoms with Crippen LogP contribution in [0.2, 0.25) is 0 Å². The highest BCUT2D eigenvalue weighted by Gasteiger charge is 2.21. The van der Waals surface area contributed by atoms with Gasteiger partial charge in [0.2, 0.25) is 0 Å². The Morgan fingerprint density at radius 2 is 2.12 bits per heavy atom. The molecule has 0 aromatic carbocycles. The number of aryl methyl sites for hydroxylation is 1. The normalized spacial score (nSPS) is 16.3. The van der Waals surface area contributed by atoms with E-state index in [1.54, 1.807) is 11.3 Å². The van der Waals surface area contributed by atoms with Crippen LogP contribution in [0.1, 0.15) is 31.7 Å². The Bertz CT molecular complexity index is 885. The van der Waals surface area contributed by atoms with Gasteiger partial charge in [0.1, 0.15) is 22.8 Å². The molecule has 0 spiro atoms. The molecule has 0 bridgehead atoms. The maximum absolute atomic E-state index is 9.74. The van der Waals surface area contributed by atoms with Crippen molar-refractivity contribution in [2.75, 3.05) is 23.7 Å². The molecule has 1 aliphatic heterocycles. The van der Waals surface area contributed by atoms with E-state index in [0.717, 1.165) is 65.0 Å². The van der Waals surface area contributed by atoms with Crippen molar-refractivity contribution < 1.29 is 5.11 Å². The molecule has 3 aromatic heterocycles. The number of pyridine rings is 1. The van der Waals surface area contributed by atoms with Gasteiger partial charge in [0.15, 0.2) is 0 Å². The van der Waals surface area contributed by atoms with Crippen LogP contribution in [0.3, 0.4) is 0 Å². The second-order valence-electron chi connectivity index (χ2n) is 6.33. The molecule has 6 nitrogen and oxygen atoms in total. The fourth-order valence-electron chi connectivity index (χ4n) is 3.37. The van der Waals surface area contributed by atoms with Gasteiger partial charge in [0, 0.05) is 18.5 Å². The van der Waals surface area contributed by atoms with E-state index in [0.29, 0.717) is 5.82 Å². The van der Waals surface area contributed by atoms with E-state index in [2.05, 4.69) is 27.9 Å². The highest BCUT2D eigenvalue weighted by atomic mass is 32.1. The zero-order valence-electron chi connectivity index (χ0n) is 13.7. The summed E-state index contributed by atoms with van der Waals surface area (Å²) in [6.07, 6.45) is 4.99. The molecule has 0 amide bonds. The molecule has 0 unspecified atom stereocenters. The molecule has 4 heterocycles. The Morgan fingerprint density at radius 1 is 1.33 bits per heavy atom. The van der Waals surface area contributed by atoms with E-state index in [4.69, 9.17) is 10.7 Å². The van der Waals surface area contributed by atoms with Crippen molar-refractivity contribution in [1.82, 2.24) is 15.0 Å². The maximum Gasteiger partial charge on any atom is 0.144 e. The minimum atomic E-state index is -0.181. The van der Waals surface area contributed by atoms with E-state index in [1.165, 1.54) is 11.9 Å². The summed E-state index contributed by atoms with van der Waals surface area (Å²) >= 11 is 1.57. The summed E-state index contributed by atoms with van der Waals surface area (Å²) in [6, 6.07) is 2.19. The molecule has 1 aliphatic rings. The number of aliphatic hydroxyl groups excluding tert-OH is 1. The number of hydrogen-bond donors (Lipinski definition) is 2. The summed E-state index contributed by atoms with van der Waals surface area (Å²) in [4.78, 5) is 16.7. The second-order valence-corrected chi connectivity index (χ2v) is 7.33. The van der Waals surface area contributed by atoms with Crippen LogP contribution in [0.4, 0.5) is 11.6 Å². The van der Waals surface area contributed by atoms with Crippen LogP contribution in [0.15, 0.2) is 12.4 Å². The number of hydrogen-bond acceptors (Lipinski definition) is 7. The molecular weight excluding hydrogens is 322 g/mol. The third-order valence-corrected chi connectivity index (χ3v) is 5.72. The Hall–Kier alpha value is -1.99. The first kappa shape index (κ1) is 15.5. The topological polar surface area (TPSA) is 88.2 Å². The summed E-state index contributed by atoms with van der Waals surface area (Å²) in [5, 5.41) is 10.9. The van der Waals surface area contributed by atoms with Crippen molar-refractivity contribution in [1.29, 1.82) is 0 Å². The first-order valence-electron chi connectivity index (χ1n) is 8.43. The number of aliphatic hydroxyl groups is 1. The molecule has 0 saturated carbocycles. The Kier molecular flexibility index (Phi) is 3.97. The average molecular weight is 343 g/mol. The van der Waals surface area contributed by atoms with E-state index in [9.17, 15) is 5.11 Å². The summed E-state index contributed by atoms with van der Waals surface area (Å²) in [7, 11) is 0. The Labute approximate surface area is 144 Å². The lowest BCUT2D eigenvalue weighted by molar-refractivity contribution is 0.145. The minimum absolute atomic E-state index is 0.181. The summed E-state index contributed by atoms with van der Waals surface area (Å²) < 4.78 is 0.920. The summed E-state index contributed by atoms with van der Waals surface area (Å²) in [6.45, 7) is 3.87. The van der Waals surface area contributed by atoms with Crippen molar-refractivity contribution >= 4 is 43.4 Å². The third-order valence-electron chi connectivity index (χ3n) is 4.63. The highest BCUT2D eigenvalue weighted by Crippen LogP contribution is 2.38. The van der Waals surface area contributed by atoms with Gasteiger partial charge in [-0.2, -0.15) is 0 Å². The summed E-state index contributed by atoms with van der Waals surface area (Å²) in [5.41, 5.74) is 8.22. The van der Waals surface area contributed by atoms with Gasteiger partial charge in [-0.25, -0.2) is 15.0 Å². The van der Waals surface area contributed by atoms with Crippen molar-refractivity contribution in [3.8, 4) is 0 Å². The van der Waals surface area contributed by atoms with Crippen molar-refractivity contribution in [3.63, 3.8) is 0 Å². The van der Waals surface area contributed by atoms with Crippen LogP contribution in [0.5, 0.6) is 0 Å². The molecule has 0 radical (unpaired) electrons. The van der Waals surface area contributed by atoms with Crippen LogP contribution in [-0.4, -0.2) is 39.3 Å². The lowest BCUT2D eigenvalue weighted by Gasteiger charge is -2.30. The standard InChI is InChI=1S/C17H21N5OS/c1-2-3-10-8-12(22-6-4-11(23)5-7-22)21-17-13(10)14-15(24-17)16(18)20-9-19-14/h8-9,11,23H,2-7H2,1H3,(H2,18,19,20). The first-order valence-corrected chi connectivity index (χ1v) is 9.24.